The molecular formula is C13H15ClN4. The van der Waals surface area contributed by atoms with Crippen molar-refractivity contribution in [3.8, 4) is 0 Å². The summed E-state index contributed by atoms with van der Waals surface area (Å²) in [5.41, 5.74) is 2.79. The number of rotatable bonds is 4. The van der Waals surface area contributed by atoms with Crippen LogP contribution in [0, 0.1) is 13.8 Å². The van der Waals surface area contributed by atoms with Crippen LogP contribution in [0.1, 0.15) is 17.1 Å². The Kier molecular flexibility index (Phi) is 4.10. The number of aromatic nitrogens is 3. The van der Waals surface area contributed by atoms with Crippen molar-refractivity contribution in [3.63, 3.8) is 0 Å². The third-order valence-corrected chi connectivity index (χ3v) is 2.93. The topological polar surface area (TPSA) is 50.7 Å². The molecule has 0 amide bonds. The van der Waals surface area contributed by atoms with E-state index >= 15 is 0 Å². The van der Waals surface area contributed by atoms with Crippen molar-refractivity contribution in [3.05, 3.63) is 46.6 Å². The molecule has 0 aliphatic heterocycles. The molecule has 2 aromatic heterocycles. The molecule has 0 radical (unpaired) electrons. The minimum atomic E-state index is 0.416. The zero-order valence-electron chi connectivity index (χ0n) is 10.4. The van der Waals surface area contributed by atoms with E-state index in [2.05, 4.69) is 20.3 Å². The summed E-state index contributed by atoms with van der Waals surface area (Å²) in [5, 5.41) is 3.60. The zero-order chi connectivity index (χ0) is 13.0. The first-order valence-corrected chi connectivity index (χ1v) is 6.19. The molecule has 0 aliphatic rings. The number of nitrogens with one attached hydrogen (secondary N) is 1. The van der Waals surface area contributed by atoms with Crippen LogP contribution in [0.3, 0.4) is 0 Å². The molecule has 0 fully saturated rings. The van der Waals surface area contributed by atoms with Crippen LogP contribution in [0.4, 0.5) is 5.82 Å². The van der Waals surface area contributed by atoms with E-state index < -0.39 is 0 Å². The Morgan fingerprint density at radius 2 is 1.94 bits per heavy atom. The molecule has 1 N–H and O–H groups in total. The number of pyridine rings is 1. The van der Waals surface area contributed by atoms with Crippen LogP contribution in [0.25, 0.3) is 0 Å². The van der Waals surface area contributed by atoms with Crippen LogP contribution in [0.5, 0.6) is 0 Å². The third-order valence-electron chi connectivity index (χ3n) is 2.66. The average molecular weight is 263 g/mol. The molecule has 5 heteroatoms. The van der Waals surface area contributed by atoms with Crippen LogP contribution in [-0.2, 0) is 6.42 Å². The lowest BCUT2D eigenvalue weighted by molar-refractivity contribution is 0.941. The highest BCUT2D eigenvalue weighted by molar-refractivity contribution is 6.31. The van der Waals surface area contributed by atoms with Crippen molar-refractivity contribution < 1.29 is 0 Å². The molecule has 0 aromatic carbocycles. The Hall–Kier alpha value is -1.68. The molecular weight excluding hydrogens is 248 g/mol. The second kappa shape index (κ2) is 5.78. The summed E-state index contributed by atoms with van der Waals surface area (Å²) in [6.45, 7) is 4.54. The van der Waals surface area contributed by atoms with E-state index in [1.165, 1.54) is 0 Å². The van der Waals surface area contributed by atoms with Gasteiger partial charge >= 0.3 is 0 Å². The first-order valence-electron chi connectivity index (χ1n) is 5.81. The van der Waals surface area contributed by atoms with Gasteiger partial charge in [0.2, 0.25) is 0 Å². The fourth-order valence-corrected chi connectivity index (χ4v) is 1.78. The van der Waals surface area contributed by atoms with Crippen molar-refractivity contribution in [2.24, 2.45) is 0 Å². The predicted molar refractivity (Wildman–Crippen MR) is 72.9 cm³/mol. The highest BCUT2D eigenvalue weighted by Crippen LogP contribution is 2.18. The summed E-state index contributed by atoms with van der Waals surface area (Å²) in [6, 6.07) is 5.88. The van der Waals surface area contributed by atoms with E-state index in [0.29, 0.717) is 11.0 Å². The maximum Gasteiger partial charge on any atom is 0.171 e. The van der Waals surface area contributed by atoms with Crippen LogP contribution in [0.2, 0.25) is 5.15 Å². The van der Waals surface area contributed by atoms with E-state index in [1.807, 2.05) is 32.0 Å². The van der Waals surface area contributed by atoms with E-state index in [1.54, 1.807) is 6.20 Å². The molecule has 2 rings (SSSR count). The first kappa shape index (κ1) is 12.8. The molecule has 0 bridgehead atoms. The predicted octanol–water partition coefficient (Wildman–Crippen LogP) is 2.80. The van der Waals surface area contributed by atoms with Gasteiger partial charge in [0.05, 0.1) is 11.4 Å². The van der Waals surface area contributed by atoms with Gasteiger partial charge in [0.1, 0.15) is 0 Å². The number of hydrogen-bond donors (Lipinski definition) is 1. The second-order valence-corrected chi connectivity index (χ2v) is 4.39. The maximum absolute atomic E-state index is 6.03. The molecule has 0 saturated carbocycles. The van der Waals surface area contributed by atoms with E-state index in [-0.39, 0.29) is 0 Å². The third kappa shape index (κ3) is 3.17. The van der Waals surface area contributed by atoms with Gasteiger partial charge in [0, 0.05) is 24.9 Å². The van der Waals surface area contributed by atoms with Gasteiger partial charge in [-0.05, 0) is 26.0 Å². The van der Waals surface area contributed by atoms with Gasteiger partial charge in [-0.1, -0.05) is 17.7 Å². The molecule has 18 heavy (non-hydrogen) atoms. The molecule has 0 unspecified atom stereocenters. The number of nitrogens with zero attached hydrogens (tertiary/aromatic N) is 3. The normalized spacial score (nSPS) is 10.4. The summed E-state index contributed by atoms with van der Waals surface area (Å²) in [5.74, 6) is 0.635. The van der Waals surface area contributed by atoms with Crippen molar-refractivity contribution in [1.82, 2.24) is 15.0 Å². The first-order chi connectivity index (χ1) is 8.66. The SMILES string of the molecule is Cc1nc(Cl)c(NCCc2ccccn2)nc1C. The van der Waals surface area contributed by atoms with Gasteiger partial charge in [0.25, 0.3) is 0 Å². The van der Waals surface area contributed by atoms with Crippen molar-refractivity contribution in [2.75, 3.05) is 11.9 Å². The van der Waals surface area contributed by atoms with E-state index in [9.17, 15) is 0 Å². The van der Waals surface area contributed by atoms with Crippen LogP contribution >= 0.6 is 11.6 Å². The average Bonchev–Trinajstić information content (AvgIpc) is 2.37. The molecule has 94 valence electrons. The Balaban J connectivity index is 1.97. The Morgan fingerprint density at radius 3 is 2.67 bits per heavy atom. The Labute approximate surface area is 111 Å². The highest BCUT2D eigenvalue weighted by Gasteiger charge is 2.06. The number of aryl methyl sites for hydroxylation is 2. The lowest BCUT2D eigenvalue weighted by atomic mass is 10.3. The van der Waals surface area contributed by atoms with Crippen molar-refractivity contribution >= 4 is 17.4 Å². The van der Waals surface area contributed by atoms with Gasteiger partial charge in [-0.3, -0.25) is 4.98 Å². The number of hydrogen-bond acceptors (Lipinski definition) is 4. The zero-order valence-corrected chi connectivity index (χ0v) is 11.2. The standard InChI is InChI=1S/C13H15ClN4/c1-9-10(2)18-13(12(14)17-9)16-8-6-11-5-3-4-7-15-11/h3-5,7H,6,8H2,1-2H3,(H,16,18). The van der Waals surface area contributed by atoms with Gasteiger partial charge in [-0.15, -0.1) is 0 Å². The highest BCUT2D eigenvalue weighted by atomic mass is 35.5. The molecule has 0 spiro atoms. The Bertz CT molecular complexity index is 528. The van der Waals surface area contributed by atoms with Crippen LogP contribution in [-0.4, -0.2) is 21.5 Å². The van der Waals surface area contributed by atoms with Crippen molar-refractivity contribution in [2.45, 2.75) is 20.3 Å². The fourth-order valence-electron chi connectivity index (χ4n) is 1.54. The monoisotopic (exact) mass is 262 g/mol. The molecule has 2 aromatic rings. The summed E-state index contributed by atoms with van der Waals surface area (Å²) in [7, 11) is 0. The largest absolute Gasteiger partial charge is 0.367 e. The molecule has 0 aliphatic carbocycles. The van der Waals surface area contributed by atoms with Crippen LogP contribution in [0.15, 0.2) is 24.4 Å². The molecule has 0 atom stereocenters. The second-order valence-electron chi connectivity index (χ2n) is 4.03. The smallest absolute Gasteiger partial charge is 0.171 e. The fraction of sp³-hybridized carbons (Fsp3) is 0.308. The van der Waals surface area contributed by atoms with Gasteiger partial charge in [0.15, 0.2) is 11.0 Å². The summed E-state index contributed by atoms with van der Waals surface area (Å²) in [6.07, 6.45) is 2.61. The number of halogens is 1. The van der Waals surface area contributed by atoms with Gasteiger partial charge in [-0.25, -0.2) is 9.97 Å². The quantitative estimate of drug-likeness (QED) is 0.921. The molecule has 2 heterocycles. The summed E-state index contributed by atoms with van der Waals surface area (Å²) >= 11 is 6.03. The number of anilines is 1. The molecule has 4 nitrogen and oxygen atoms in total. The molecule has 0 saturated heterocycles. The van der Waals surface area contributed by atoms with Gasteiger partial charge in [-0.2, -0.15) is 0 Å². The maximum atomic E-state index is 6.03. The summed E-state index contributed by atoms with van der Waals surface area (Å²) in [4.78, 5) is 12.9. The van der Waals surface area contributed by atoms with E-state index in [4.69, 9.17) is 11.6 Å². The van der Waals surface area contributed by atoms with Crippen molar-refractivity contribution in [1.29, 1.82) is 0 Å². The van der Waals surface area contributed by atoms with E-state index in [0.717, 1.165) is 30.0 Å². The Morgan fingerprint density at radius 1 is 1.17 bits per heavy atom. The van der Waals surface area contributed by atoms with Crippen LogP contribution < -0.4 is 5.32 Å². The lowest BCUT2D eigenvalue weighted by Crippen LogP contribution is -2.09. The summed E-state index contributed by atoms with van der Waals surface area (Å²) < 4.78 is 0. The minimum Gasteiger partial charge on any atom is -0.367 e. The van der Waals surface area contributed by atoms with Gasteiger partial charge < -0.3 is 5.32 Å². The lowest BCUT2D eigenvalue weighted by Gasteiger charge is -2.08. The minimum absolute atomic E-state index is 0.416.